The second-order valence-electron chi connectivity index (χ2n) is 5.95. The van der Waals surface area contributed by atoms with E-state index in [2.05, 4.69) is 15.9 Å². The Bertz CT molecular complexity index is 552. The number of rotatable bonds is 5. The van der Waals surface area contributed by atoms with Gasteiger partial charge < -0.3 is 9.47 Å². The molecule has 0 aliphatic rings. The van der Waals surface area contributed by atoms with Crippen LogP contribution in [0.1, 0.15) is 32.8 Å². The molecule has 0 saturated carbocycles. The van der Waals surface area contributed by atoms with Crippen molar-refractivity contribution >= 4 is 27.9 Å². The van der Waals surface area contributed by atoms with Gasteiger partial charge in [0, 0.05) is 4.47 Å². The summed E-state index contributed by atoms with van der Waals surface area (Å²) in [6, 6.07) is 4.46. The van der Waals surface area contributed by atoms with Crippen LogP contribution in [0.4, 0.5) is 4.39 Å². The standard InChI is InChI=1S/C16H20BrFO4/c1-16(2,3)22-14(19)9-11(15(20)21-4)7-10-8-12(17)5-6-13(10)18/h5-6,8,11H,7,9H2,1-4H3/t11-/m1/s1. The van der Waals surface area contributed by atoms with Gasteiger partial charge in [-0.05, 0) is 51.0 Å². The molecular weight excluding hydrogens is 355 g/mol. The third kappa shape index (κ3) is 6.13. The molecule has 1 rings (SSSR count). The Morgan fingerprint density at radius 1 is 1.32 bits per heavy atom. The third-order valence-corrected chi connectivity index (χ3v) is 3.33. The molecule has 0 saturated heterocycles. The number of halogens is 2. The Morgan fingerprint density at radius 3 is 2.50 bits per heavy atom. The SMILES string of the molecule is COC(=O)[C@@H](CC(=O)OC(C)(C)C)Cc1cc(Br)ccc1F. The van der Waals surface area contributed by atoms with Crippen molar-refractivity contribution in [3.63, 3.8) is 0 Å². The van der Waals surface area contributed by atoms with Crippen LogP contribution in [0.2, 0.25) is 0 Å². The topological polar surface area (TPSA) is 52.6 Å². The second kappa shape index (κ2) is 7.72. The molecule has 0 bridgehead atoms. The molecule has 0 unspecified atom stereocenters. The van der Waals surface area contributed by atoms with Crippen molar-refractivity contribution in [1.29, 1.82) is 0 Å². The van der Waals surface area contributed by atoms with Gasteiger partial charge in [-0.15, -0.1) is 0 Å². The van der Waals surface area contributed by atoms with E-state index in [0.29, 0.717) is 10.0 Å². The highest BCUT2D eigenvalue weighted by Gasteiger charge is 2.27. The first-order valence-electron chi connectivity index (χ1n) is 6.86. The zero-order valence-corrected chi connectivity index (χ0v) is 14.7. The molecule has 0 aliphatic carbocycles. The van der Waals surface area contributed by atoms with Gasteiger partial charge in [-0.2, -0.15) is 0 Å². The minimum absolute atomic E-state index is 0.0667. The van der Waals surface area contributed by atoms with E-state index in [1.54, 1.807) is 32.9 Å². The summed E-state index contributed by atoms with van der Waals surface area (Å²) in [5.41, 5.74) is -0.299. The number of hydrogen-bond acceptors (Lipinski definition) is 4. The summed E-state index contributed by atoms with van der Waals surface area (Å²) in [7, 11) is 1.24. The minimum Gasteiger partial charge on any atom is -0.469 e. The molecule has 0 aromatic heterocycles. The molecule has 4 nitrogen and oxygen atoms in total. The molecule has 0 aliphatic heterocycles. The van der Waals surface area contributed by atoms with Gasteiger partial charge in [0.15, 0.2) is 0 Å². The average Bonchev–Trinajstić information content (AvgIpc) is 2.39. The number of ether oxygens (including phenoxy) is 2. The Hall–Kier alpha value is -1.43. The molecule has 1 atom stereocenters. The van der Waals surface area contributed by atoms with E-state index in [-0.39, 0.29) is 12.8 Å². The summed E-state index contributed by atoms with van der Waals surface area (Å²) in [6.07, 6.45) is -0.0902. The summed E-state index contributed by atoms with van der Waals surface area (Å²) in [5, 5.41) is 0. The van der Waals surface area contributed by atoms with Crippen molar-refractivity contribution in [1.82, 2.24) is 0 Å². The summed E-state index contributed by atoms with van der Waals surface area (Å²) < 4.78 is 24.4. The number of carbonyl (C=O) groups is 2. The van der Waals surface area contributed by atoms with Crippen LogP contribution >= 0.6 is 15.9 Å². The first-order valence-corrected chi connectivity index (χ1v) is 7.65. The lowest BCUT2D eigenvalue weighted by molar-refractivity contribution is -0.160. The van der Waals surface area contributed by atoms with Crippen LogP contribution in [0, 0.1) is 11.7 Å². The van der Waals surface area contributed by atoms with Gasteiger partial charge in [0.2, 0.25) is 0 Å². The fourth-order valence-electron chi connectivity index (χ4n) is 1.96. The van der Waals surface area contributed by atoms with Crippen LogP contribution in [0.5, 0.6) is 0 Å². The van der Waals surface area contributed by atoms with Gasteiger partial charge in [0.1, 0.15) is 11.4 Å². The van der Waals surface area contributed by atoms with E-state index in [1.807, 2.05) is 0 Å². The van der Waals surface area contributed by atoms with E-state index in [9.17, 15) is 14.0 Å². The van der Waals surface area contributed by atoms with Crippen molar-refractivity contribution in [2.75, 3.05) is 7.11 Å². The Balaban J connectivity index is 2.87. The largest absolute Gasteiger partial charge is 0.469 e. The minimum atomic E-state index is -0.788. The van der Waals surface area contributed by atoms with Gasteiger partial charge in [0.05, 0.1) is 19.4 Å². The number of hydrogen-bond donors (Lipinski definition) is 0. The van der Waals surface area contributed by atoms with Crippen LogP contribution < -0.4 is 0 Å². The van der Waals surface area contributed by atoms with Gasteiger partial charge in [0.25, 0.3) is 0 Å². The normalized spacial score (nSPS) is 12.6. The molecule has 0 amide bonds. The zero-order chi connectivity index (χ0) is 16.9. The highest BCUT2D eigenvalue weighted by Crippen LogP contribution is 2.22. The van der Waals surface area contributed by atoms with Gasteiger partial charge in [-0.1, -0.05) is 15.9 Å². The number of benzene rings is 1. The highest BCUT2D eigenvalue weighted by molar-refractivity contribution is 9.10. The molecule has 122 valence electrons. The van der Waals surface area contributed by atoms with Crippen molar-refractivity contribution in [2.45, 2.75) is 39.2 Å². The highest BCUT2D eigenvalue weighted by atomic mass is 79.9. The fourth-order valence-corrected chi connectivity index (χ4v) is 2.36. The number of carbonyl (C=O) groups excluding carboxylic acids is 2. The lowest BCUT2D eigenvalue weighted by Crippen LogP contribution is -2.28. The summed E-state index contributed by atoms with van der Waals surface area (Å²) >= 11 is 3.26. The molecule has 0 fully saturated rings. The van der Waals surface area contributed by atoms with Crippen LogP contribution in [0.25, 0.3) is 0 Å². The predicted octanol–water partition coefficient (Wildman–Crippen LogP) is 3.65. The van der Waals surface area contributed by atoms with E-state index in [4.69, 9.17) is 9.47 Å². The molecule has 1 aromatic rings. The first-order chi connectivity index (χ1) is 10.1. The maximum Gasteiger partial charge on any atom is 0.309 e. The summed E-state index contributed by atoms with van der Waals surface area (Å²) in [6.45, 7) is 5.23. The fraction of sp³-hybridized carbons (Fsp3) is 0.500. The smallest absolute Gasteiger partial charge is 0.309 e. The van der Waals surface area contributed by atoms with Crippen LogP contribution in [0.15, 0.2) is 22.7 Å². The van der Waals surface area contributed by atoms with E-state index in [0.717, 1.165) is 0 Å². The van der Waals surface area contributed by atoms with Gasteiger partial charge in [-0.25, -0.2) is 4.39 Å². The molecule has 0 N–H and O–H groups in total. The average molecular weight is 375 g/mol. The molecule has 0 heterocycles. The maximum absolute atomic E-state index is 13.8. The molecule has 22 heavy (non-hydrogen) atoms. The second-order valence-corrected chi connectivity index (χ2v) is 6.87. The van der Waals surface area contributed by atoms with E-state index in [1.165, 1.54) is 13.2 Å². The van der Waals surface area contributed by atoms with Crippen molar-refractivity contribution < 1.29 is 23.5 Å². The zero-order valence-electron chi connectivity index (χ0n) is 13.1. The maximum atomic E-state index is 13.8. The van der Waals surface area contributed by atoms with Crippen LogP contribution in [-0.2, 0) is 25.5 Å². The van der Waals surface area contributed by atoms with Crippen molar-refractivity contribution in [3.8, 4) is 0 Å². The number of esters is 2. The number of methoxy groups -OCH3 is 1. The predicted molar refractivity (Wildman–Crippen MR) is 83.8 cm³/mol. The van der Waals surface area contributed by atoms with Crippen LogP contribution in [-0.4, -0.2) is 24.6 Å². The molecule has 6 heteroatoms. The summed E-state index contributed by atoms with van der Waals surface area (Å²) in [4.78, 5) is 23.7. The Kier molecular flexibility index (Phi) is 6.53. The Labute approximate surface area is 138 Å². The Morgan fingerprint density at radius 2 is 1.95 bits per heavy atom. The van der Waals surface area contributed by atoms with Crippen LogP contribution in [0.3, 0.4) is 0 Å². The quantitative estimate of drug-likeness (QED) is 0.738. The van der Waals surface area contributed by atoms with E-state index >= 15 is 0 Å². The molecule has 1 aromatic carbocycles. The van der Waals surface area contributed by atoms with Crippen molar-refractivity contribution in [3.05, 3.63) is 34.1 Å². The third-order valence-electron chi connectivity index (χ3n) is 2.84. The molecule has 0 radical (unpaired) electrons. The molecular formula is C16H20BrFO4. The van der Waals surface area contributed by atoms with Gasteiger partial charge in [-0.3, -0.25) is 9.59 Å². The monoisotopic (exact) mass is 374 g/mol. The van der Waals surface area contributed by atoms with E-state index < -0.39 is 29.3 Å². The lowest BCUT2D eigenvalue weighted by atomic mass is 9.96. The summed E-state index contributed by atoms with van der Waals surface area (Å²) in [5.74, 6) is -2.30. The van der Waals surface area contributed by atoms with Crippen molar-refractivity contribution in [2.24, 2.45) is 5.92 Å². The van der Waals surface area contributed by atoms with Gasteiger partial charge >= 0.3 is 11.9 Å². The first kappa shape index (κ1) is 18.6. The lowest BCUT2D eigenvalue weighted by Gasteiger charge is -2.21. The molecule has 0 spiro atoms.